The van der Waals surface area contributed by atoms with Crippen LogP contribution in [-0.2, 0) is 4.74 Å². The van der Waals surface area contributed by atoms with Crippen LogP contribution in [-0.4, -0.2) is 27.5 Å². The van der Waals surface area contributed by atoms with E-state index in [1.807, 2.05) is 11.4 Å². The molecule has 0 bridgehead atoms. The molecule has 1 aromatic carbocycles. The number of fused-ring (bicyclic) bond motifs is 1. The number of imidazole rings is 1. The van der Waals surface area contributed by atoms with Crippen LogP contribution in [0.2, 0.25) is 0 Å². The Morgan fingerprint density at radius 2 is 2.37 bits per heavy atom. The number of nitrogens with zero attached hydrogens (tertiary/aromatic N) is 2. The van der Waals surface area contributed by atoms with E-state index in [1.165, 1.54) is 11.3 Å². The monoisotopic (exact) mass is 273 g/mol. The predicted octanol–water partition coefficient (Wildman–Crippen LogP) is 2.86. The molecule has 0 aliphatic heterocycles. The first-order valence-electron chi connectivity index (χ1n) is 5.84. The van der Waals surface area contributed by atoms with Gasteiger partial charge < -0.3 is 9.72 Å². The van der Waals surface area contributed by atoms with Gasteiger partial charge in [0.15, 0.2) is 10.8 Å². The summed E-state index contributed by atoms with van der Waals surface area (Å²) in [4.78, 5) is 23.5. The maximum absolute atomic E-state index is 11.7. The highest BCUT2D eigenvalue weighted by atomic mass is 32.1. The lowest BCUT2D eigenvalue weighted by Crippen LogP contribution is -2.04. The maximum Gasteiger partial charge on any atom is 0.338 e. The van der Waals surface area contributed by atoms with Crippen LogP contribution in [0.1, 0.15) is 17.3 Å². The number of benzene rings is 1. The molecule has 0 fully saturated rings. The fourth-order valence-electron chi connectivity index (χ4n) is 1.79. The molecule has 0 aliphatic rings. The molecule has 96 valence electrons. The van der Waals surface area contributed by atoms with Gasteiger partial charge in [0, 0.05) is 11.6 Å². The fourth-order valence-corrected chi connectivity index (χ4v) is 2.37. The number of H-pyrrole nitrogens is 1. The highest BCUT2D eigenvalue weighted by Crippen LogP contribution is 2.22. The Kier molecular flexibility index (Phi) is 3.00. The number of carbonyl (C=O) groups is 1. The normalized spacial score (nSPS) is 10.8. The van der Waals surface area contributed by atoms with Crippen LogP contribution in [0.3, 0.4) is 0 Å². The van der Waals surface area contributed by atoms with Crippen LogP contribution < -0.4 is 0 Å². The van der Waals surface area contributed by atoms with Crippen molar-refractivity contribution >= 4 is 28.3 Å². The molecule has 6 heteroatoms. The van der Waals surface area contributed by atoms with Crippen molar-refractivity contribution in [3.05, 3.63) is 35.3 Å². The van der Waals surface area contributed by atoms with E-state index in [4.69, 9.17) is 4.74 Å². The minimum Gasteiger partial charge on any atom is -0.462 e. The molecule has 5 nitrogen and oxygen atoms in total. The number of rotatable bonds is 3. The number of hydrogen-bond acceptors (Lipinski definition) is 5. The highest BCUT2D eigenvalue weighted by molar-refractivity contribution is 7.13. The van der Waals surface area contributed by atoms with Gasteiger partial charge in [-0.3, -0.25) is 0 Å². The second-order valence-electron chi connectivity index (χ2n) is 3.88. The summed E-state index contributed by atoms with van der Waals surface area (Å²) in [6.45, 7) is 2.15. The van der Waals surface area contributed by atoms with Crippen molar-refractivity contribution in [2.45, 2.75) is 6.92 Å². The van der Waals surface area contributed by atoms with Gasteiger partial charge >= 0.3 is 5.97 Å². The van der Waals surface area contributed by atoms with Gasteiger partial charge in [-0.1, -0.05) is 0 Å². The highest BCUT2D eigenvalue weighted by Gasteiger charge is 2.11. The number of thiazole rings is 1. The minimum absolute atomic E-state index is 0.330. The second kappa shape index (κ2) is 4.81. The van der Waals surface area contributed by atoms with E-state index in [9.17, 15) is 4.79 Å². The quantitative estimate of drug-likeness (QED) is 0.745. The Balaban J connectivity index is 2.02. The molecule has 0 amide bonds. The van der Waals surface area contributed by atoms with Gasteiger partial charge in [-0.2, -0.15) is 0 Å². The number of nitrogens with one attached hydrogen (secondary N) is 1. The Morgan fingerprint density at radius 1 is 1.47 bits per heavy atom. The van der Waals surface area contributed by atoms with Crippen molar-refractivity contribution in [2.75, 3.05) is 6.61 Å². The lowest BCUT2D eigenvalue weighted by atomic mass is 10.2. The van der Waals surface area contributed by atoms with Gasteiger partial charge in [0.25, 0.3) is 0 Å². The first-order chi connectivity index (χ1) is 9.28. The van der Waals surface area contributed by atoms with Crippen molar-refractivity contribution in [2.24, 2.45) is 0 Å². The summed E-state index contributed by atoms with van der Waals surface area (Å²) in [5.74, 6) is 0.384. The van der Waals surface area contributed by atoms with Crippen LogP contribution in [0.25, 0.3) is 21.9 Å². The second-order valence-corrected chi connectivity index (χ2v) is 4.77. The molecular formula is C13H11N3O2S. The third kappa shape index (κ3) is 2.22. The molecule has 0 atom stereocenters. The van der Waals surface area contributed by atoms with E-state index in [0.717, 1.165) is 16.0 Å². The zero-order valence-electron chi connectivity index (χ0n) is 10.2. The van der Waals surface area contributed by atoms with Gasteiger partial charge in [0.2, 0.25) is 0 Å². The summed E-state index contributed by atoms with van der Waals surface area (Å²) in [6.07, 6.45) is 1.73. The number of aromatic amines is 1. The lowest BCUT2D eigenvalue weighted by Gasteiger charge is -2.00. The summed E-state index contributed by atoms with van der Waals surface area (Å²) in [7, 11) is 0. The number of carbonyl (C=O) groups excluding carboxylic acids is 1. The topological polar surface area (TPSA) is 67.9 Å². The minimum atomic E-state index is -0.330. The number of esters is 1. The Labute approximate surface area is 113 Å². The molecule has 3 aromatic rings. The molecule has 3 rings (SSSR count). The summed E-state index contributed by atoms with van der Waals surface area (Å²) in [5, 5.41) is 2.72. The first kappa shape index (κ1) is 11.9. The summed E-state index contributed by atoms with van der Waals surface area (Å²) in [6, 6.07) is 5.27. The molecule has 0 saturated heterocycles. The maximum atomic E-state index is 11.7. The number of hydrogen-bond donors (Lipinski definition) is 1. The van der Waals surface area contributed by atoms with E-state index in [1.54, 1.807) is 25.3 Å². The largest absolute Gasteiger partial charge is 0.462 e. The molecule has 0 aliphatic carbocycles. The molecule has 19 heavy (non-hydrogen) atoms. The fraction of sp³-hybridized carbons (Fsp3) is 0.154. The van der Waals surface area contributed by atoms with E-state index in [2.05, 4.69) is 15.0 Å². The Hall–Kier alpha value is -2.21. The smallest absolute Gasteiger partial charge is 0.338 e. The van der Waals surface area contributed by atoms with E-state index >= 15 is 0 Å². The number of aromatic nitrogens is 3. The number of ether oxygens (including phenoxy) is 1. The van der Waals surface area contributed by atoms with Crippen LogP contribution in [0, 0.1) is 0 Å². The molecule has 0 spiro atoms. The molecule has 0 unspecified atom stereocenters. The molecular weight excluding hydrogens is 262 g/mol. The average Bonchev–Trinajstić information content (AvgIpc) is 3.07. The predicted molar refractivity (Wildman–Crippen MR) is 73.2 cm³/mol. The average molecular weight is 273 g/mol. The summed E-state index contributed by atoms with van der Waals surface area (Å²) >= 11 is 1.51. The Bertz CT molecular complexity index is 719. The zero-order chi connectivity index (χ0) is 13.2. The van der Waals surface area contributed by atoms with Gasteiger partial charge in [0.05, 0.1) is 23.2 Å². The standard InChI is InChI=1S/C13H11N3O2S/c1-2-18-13(17)8-3-4-9-10(7-8)16-11(15-9)12-14-5-6-19-12/h3-7H,2H2,1H3,(H,15,16). The molecule has 0 radical (unpaired) electrons. The van der Waals surface area contributed by atoms with E-state index in [0.29, 0.717) is 18.0 Å². The van der Waals surface area contributed by atoms with Crippen LogP contribution in [0.15, 0.2) is 29.8 Å². The summed E-state index contributed by atoms with van der Waals surface area (Å²) < 4.78 is 4.97. The molecule has 1 N–H and O–H groups in total. The van der Waals surface area contributed by atoms with Gasteiger partial charge in [0.1, 0.15) is 0 Å². The van der Waals surface area contributed by atoms with Crippen molar-refractivity contribution in [3.8, 4) is 10.8 Å². The van der Waals surface area contributed by atoms with Crippen LogP contribution >= 0.6 is 11.3 Å². The van der Waals surface area contributed by atoms with Crippen molar-refractivity contribution in [1.29, 1.82) is 0 Å². The van der Waals surface area contributed by atoms with E-state index in [-0.39, 0.29) is 5.97 Å². The molecule has 2 heterocycles. The van der Waals surface area contributed by atoms with Crippen molar-refractivity contribution in [3.63, 3.8) is 0 Å². The van der Waals surface area contributed by atoms with Crippen molar-refractivity contribution in [1.82, 2.24) is 15.0 Å². The van der Waals surface area contributed by atoms with Gasteiger partial charge in [-0.15, -0.1) is 11.3 Å². The van der Waals surface area contributed by atoms with Gasteiger partial charge in [-0.05, 0) is 25.1 Å². The van der Waals surface area contributed by atoms with Crippen LogP contribution in [0.5, 0.6) is 0 Å². The van der Waals surface area contributed by atoms with E-state index < -0.39 is 0 Å². The first-order valence-corrected chi connectivity index (χ1v) is 6.72. The third-order valence-corrected chi connectivity index (χ3v) is 3.41. The zero-order valence-corrected chi connectivity index (χ0v) is 11.0. The van der Waals surface area contributed by atoms with Crippen LogP contribution in [0.4, 0.5) is 0 Å². The Morgan fingerprint density at radius 3 is 3.11 bits per heavy atom. The molecule has 0 saturated carbocycles. The summed E-state index contributed by atoms with van der Waals surface area (Å²) in [5.41, 5.74) is 2.11. The van der Waals surface area contributed by atoms with Gasteiger partial charge in [-0.25, -0.2) is 14.8 Å². The van der Waals surface area contributed by atoms with Crippen molar-refractivity contribution < 1.29 is 9.53 Å². The lowest BCUT2D eigenvalue weighted by molar-refractivity contribution is 0.0526. The SMILES string of the molecule is CCOC(=O)c1ccc2[nH]c(-c3nccs3)nc2c1. The molecule has 2 aromatic heterocycles. The third-order valence-electron chi connectivity index (χ3n) is 2.63.